The molecule has 3 atom stereocenters. The van der Waals surface area contributed by atoms with E-state index in [0.717, 1.165) is 18.4 Å². The molecular formula is C23H38N2O3S2. The topological polar surface area (TPSA) is 81.6 Å². The van der Waals surface area contributed by atoms with Crippen LogP contribution in [0.2, 0.25) is 0 Å². The number of rotatable bonds is 8. The third-order valence-corrected chi connectivity index (χ3v) is 8.74. The third kappa shape index (κ3) is 6.63. The van der Waals surface area contributed by atoms with Crippen molar-refractivity contribution in [2.75, 3.05) is 12.3 Å². The Kier molecular flexibility index (Phi) is 8.55. The van der Waals surface area contributed by atoms with E-state index in [-0.39, 0.29) is 23.2 Å². The molecule has 3 rings (SSSR count). The van der Waals surface area contributed by atoms with Gasteiger partial charge < -0.3 is 10.6 Å². The Hall–Kier alpha value is -0.730. The van der Waals surface area contributed by atoms with Crippen LogP contribution in [0.4, 0.5) is 0 Å². The summed E-state index contributed by atoms with van der Waals surface area (Å²) in [6, 6.07) is 6.23. The van der Waals surface area contributed by atoms with Crippen molar-refractivity contribution in [3.05, 3.63) is 34.9 Å². The molecule has 1 fully saturated rings. The van der Waals surface area contributed by atoms with Crippen LogP contribution in [0.1, 0.15) is 75.1 Å². The SMILES string of the molecule is CCc1ccc2c(c1)[C@@H](NC[C@@H](S)[C@H](CC1CCCCC1)NC(C)=O)CS(O)(O)C2. The zero-order chi connectivity index (χ0) is 21.7. The average molecular weight is 455 g/mol. The highest BCUT2D eigenvalue weighted by atomic mass is 32.3. The molecule has 4 N–H and O–H groups in total. The average Bonchev–Trinajstić information content (AvgIpc) is 2.70. The molecule has 0 unspecified atom stereocenters. The van der Waals surface area contributed by atoms with Crippen molar-refractivity contribution in [2.24, 2.45) is 5.92 Å². The van der Waals surface area contributed by atoms with Crippen molar-refractivity contribution < 1.29 is 13.9 Å². The largest absolute Gasteiger partial charge is 0.352 e. The van der Waals surface area contributed by atoms with Gasteiger partial charge in [-0.3, -0.25) is 13.9 Å². The van der Waals surface area contributed by atoms with E-state index in [1.54, 1.807) is 6.92 Å². The molecule has 7 heteroatoms. The number of carbonyl (C=O) groups excluding carboxylic acids is 1. The smallest absolute Gasteiger partial charge is 0.217 e. The molecule has 0 radical (unpaired) electrons. The van der Waals surface area contributed by atoms with E-state index in [1.807, 2.05) is 6.07 Å². The van der Waals surface area contributed by atoms with Gasteiger partial charge in [-0.15, -0.1) is 0 Å². The number of thiol groups is 1. The maximum atomic E-state index is 11.8. The molecule has 0 bridgehead atoms. The minimum absolute atomic E-state index is 0.0142. The highest BCUT2D eigenvalue weighted by molar-refractivity contribution is 8.23. The van der Waals surface area contributed by atoms with Gasteiger partial charge in [-0.2, -0.15) is 23.2 Å². The fraction of sp³-hybridized carbons (Fsp3) is 0.696. The van der Waals surface area contributed by atoms with Gasteiger partial charge in [0.15, 0.2) is 0 Å². The highest BCUT2D eigenvalue weighted by Gasteiger charge is 2.31. The van der Waals surface area contributed by atoms with Gasteiger partial charge in [0.1, 0.15) is 0 Å². The Labute approximate surface area is 188 Å². The molecule has 1 saturated carbocycles. The van der Waals surface area contributed by atoms with Gasteiger partial charge in [-0.05, 0) is 35.4 Å². The molecule has 0 spiro atoms. The second kappa shape index (κ2) is 10.7. The summed E-state index contributed by atoms with van der Waals surface area (Å²) in [5.41, 5.74) is 3.45. The molecule has 1 aromatic carbocycles. The fourth-order valence-electron chi connectivity index (χ4n) is 4.91. The summed E-state index contributed by atoms with van der Waals surface area (Å²) in [6.07, 6.45) is 8.28. The van der Waals surface area contributed by atoms with E-state index in [4.69, 9.17) is 12.6 Å². The van der Waals surface area contributed by atoms with Crippen LogP contribution >= 0.6 is 23.2 Å². The van der Waals surface area contributed by atoms with Crippen molar-refractivity contribution in [2.45, 2.75) is 81.9 Å². The Morgan fingerprint density at radius 2 is 2.00 bits per heavy atom. The van der Waals surface area contributed by atoms with Gasteiger partial charge in [0.2, 0.25) is 5.91 Å². The van der Waals surface area contributed by atoms with Crippen molar-refractivity contribution in [3.63, 3.8) is 0 Å². The van der Waals surface area contributed by atoms with Crippen LogP contribution < -0.4 is 10.6 Å². The predicted octanol–water partition coefficient (Wildman–Crippen LogP) is 4.92. The molecule has 1 aliphatic heterocycles. The Bertz CT molecular complexity index is 722. The predicted molar refractivity (Wildman–Crippen MR) is 130 cm³/mol. The summed E-state index contributed by atoms with van der Waals surface area (Å²) >= 11 is 4.86. The number of hydrogen-bond donors (Lipinski definition) is 5. The molecule has 0 aromatic heterocycles. The summed E-state index contributed by atoms with van der Waals surface area (Å²) in [5, 5.41) is 6.64. The van der Waals surface area contributed by atoms with E-state index in [9.17, 15) is 13.9 Å². The minimum atomic E-state index is -2.63. The summed E-state index contributed by atoms with van der Waals surface area (Å²) in [7, 11) is -2.63. The van der Waals surface area contributed by atoms with Gasteiger partial charge in [-0.25, -0.2) is 0 Å². The first-order valence-corrected chi connectivity index (χ1v) is 13.7. The Morgan fingerprint density at radius 3 is 2.67 bits per heavy atom. The summed E-state index contributed by atoms with van der Waals surface area (Å²) in [6.45, 7) is 4.31. The maximum Gasteiger partial charge on any atom is 0.217 e. The van der Waals surface area contributed by atoms with Crippen molar-refractivity contribution >= 4 is 29.1 Å². The van der Waals surface area contributed by atoms with E-state index < -0.39 is 10.6 Å². The van der Waals surface area contributed by atoms with Crippen molar-refractivity contribution in [1.29, 1.82) is 0 Å². The molecule has 1 aromatic rings. The van der Waals surface area contributed by atoms with Gasteiger partial charge in [0.05, 0.1) is 11.5 Å². The van der Waals surface area contributed by atoms with Crippen LogP contribution in [0.25, 0.3) is 0 Å². The number of benzene rings is 1. The van der Waals surface area contributed by atoms with Crippen LogP contribution in [0.3, 0.4) is 0 Å². The maximum absolute atomic E-state index is 11.8. The van der Waals surface area contributed by atoms with E-state index in [1.165, 1.54) is 43.2 Å². The molecule has 1 aliphatic carbocycles. The molecule has 170 valence electrons. The highest BCUT2D eigenvalue weighted by Crippen LogP contribution is 2.50. The number of aryl methyl sites for hydroxylation is 1. The zero-order valence-corrected chi connectivity index (χ0v) is 20.0. The first-order valence-electron chi connectivity index (χ1n) is 11.3. The number of fused-ring (bicyclic) bond motifs is 1. The molecule has 30 heavy (non-hydrogen) atoms. The number of nitrogens with one attached hydrogen (secondary N) is 2. The summed E-state index contributed by atoms with van der Waals surface area (Å²) in [4.78, 5) is 11.8. The molecule has 2 aliphatic rings. The van der Waals surface area contributed by atoms with Crippen molar-refractivity contribution in [1.82, 2.24) is 10.6 Å². The number of hydrogen-bond acceptors (Lipinski definition) is 5. The van der Waals surface area contributed by atoms with Crippen LogP contribution in [0.15, 0.2) is 18.2 Å². The van der Waals surface area contributed by atoms with Gasteiger partial charge in [0, 0.05) is 30.8 Å². The van der Waals surface area contributed by atoms with E-state index in [2.05, 4.69) is 29.7 Å². The van der Waals surface area contributed by atoms with Crippen LogP contribution in [-0.4, -0.2) is 38.6 Å². The van der Waals surface area contributed by atoms with Crippen LogP contribution in [-0.2, 0) is 17.0 Å². The molecule has 1 heterocycles. The van der Waals surface area contributed by atoms with E-state index in [0.29, 0.717) is 24.0 Å². The summed E-state index contributed by atoms with van der Waals surface area (Å²) in [5.74, 6) is 1.31. The Morgan fingerprint density at radius 1 is 1.27 bits per heavy atom. The normalized spacial score (nSPS) is 24.5. The monoisotopic (exact) mass is 454 g/mol. The zero-order valence-electron chi connectivity index (χ0n) is 18.3. The van der Waals surface area contributed by atoms with Gasteiger partial charge in [-0.1, -0.05) is 57.2 Å². The number of amides is 1. The molecular weight excluding hydrogens is 416 g/mol. The Balaban J connectivity index is 1.67. The second-order valence-corrected chi connectivity index (χ2v) is 12.0. The lowest BCUT2D eigenvalue weighted by molar-refractivity contribution is -0.119. The third-order valence-electron chi connectivity index (χ3n) is 6.55. The van der Waals surface area contributed by atoms with Crippen LogP contribution in [0, 0.1) is 5.92 Å². The summed E-state index contributed by atoms with van der Waals surface area (Å²) < 4.78 is 20.9. The van der Waals surface area contributed by atoms with E-state index >= 15 is 0 Å². The molecule has 5 nitrogen and oxygen atoms in total. The lowest BCUT2D eigenvalue weighted by Gasteiger charge is -2.42. The standard InChI is InChI=1S/C23H38N2O3S2/c1-3-17-9-10-19-14-30(27,28)15-22(20(19)11-17)24-13-23(29)21(25-16(2)26)12-18-7-5-4-6-8-18/h9-11,18,21-24,27-29H,3-8,12-15H2,1-2H3,(H,25,26)/t21-,22-,23+/m0/s1. The molecule has 1 amide bonds. The number of carbonyl (C=O) groups is 1. The first kappa shape index (κ1) is 23.9. The quantitative estimate of drug-likeness (QED) is 0.361. The lowest BCUT2D eigenvalue weighted by atomic mass is 9.84. The fourth-order valence-corrected chi connectivity index (χ4v) is 6.93. The lowest BCUT2D eigenvalue weighted by Crippen LogP contribution is -2.46. The first-order chi connectivity index (χ1) is 14.3. The molecule has 0 saturated heterocycles. The second-order valence-electron chi connectivity index (χ2n) is 9.07. The van der Waals surface area contributed by atoms with Gasteiger partial charge in [0.25, 0.3) is 0 Å². The van der Waals surface area contributed by atoms with Gasteiger partial charge >= 0.3 is 0 Å². The van der Waals surface area contributed by atoms with Crippen LogP contribution in [0.5, 0.6) is 0 Å². The minimum Gasteiger partial charge on any atom is -0.352 e. The van der Waals surface area contributed by atoms with Crippen molar-refractivity contribution in [3.8, 4) is 0 Å².